The van der Waals surface area contributed by atoms with E-state index in [9.17, 15) is 0 Å². The number of piperazine rings is 1. The molecule has 1 aromatic carbocycles. The monoisotopic (exact) mass is 288 g/mol. The molecule has 0 spiro atoms. The average Bonchev–Trinajstić information content (AvgIpc) is 2.54. The lowest BCUT2D eigenvalue weighted by Gasteiger charge is -2.29. The smallest absolute Gasteiger partial charge is 0.119 e. The normalized spacial score (nSPS) is 15.9. The van der Waals surface area contributed by atoms with E-state index in [0.717, 1.165) is 51.6 Å². The van der Waals surface area contributed by atoms with E-state index < -0.39 is 0 Å². The van der Waals surface area contributed by atoms with Crippen LogP contribution in [0.1, 0.15) is 5.56 Å². The van der Waals surface area contributed by atoms with Gasteiger partial charge in [0.2, 0.25) is 0 Å². The van der Waals surface area contributed by atoms with Gasteiger partial charge in [-0.15, -0.1) is 0 Å². The van der Waals surface area contributed by atoms with Gasteiger partial charge < -0.3 is 15.0 Å². The molecular formula is C16H24N4O. The lowest BCUT2D eigenvalue weighted by atomic mass is 10.2. The molecule has 1 aromatic rings. The summed E-state index contributed by atoms with van der Waals surface area (Å²) in [5.74, 6) is 0.824. The third-order valence-corrected chi connectivity index (χ3v) is 3.73. The van der Waals surface area contributed by atoms with E-state index in [1.807, 2.05) is 12.1 Å². The van der Waals surface area contributed by atoms with Crippen LogP contribution < -0.4 is 10.1 Å². The Morgan fingerprint density at radius 1 is 1.24 bits per heavy atom. The van der Waals surface area contributed by atoms with Gasteiger partial charge in [-0.05, 0) is 31.3 Å². The van der Waals surface area contributed by atoms with Crippen LogP contribution in [0.25, 0.3) is 0 Å². The van der Waals surface area contributed by atoms with E-state index in [1.54, 1.807) is 12.1 Å². The van der Waals surface area contributed by atoms with Gasteiger partial charge in [0.15, 0.2) is 0 Å². The first-order chi connectivity index (χ1) is 10.3. The zero-order valence-corrected chi connectivity index (χ0v) is 12.7. The Morgan fingerprint density at radius 3 is 2.62 bits per heavy atom. The number of nitrogens with zero attached hydrogens (tertiary/aromatic N) is 3. The summed E-state index contributed by atoms with van der Waals surface area (Å²) < 4.78 is 5.69. The molecule has 5 nitrogen and oxygen atoms in total. The molecular weight excluding hydrogens is 264 g/mol. The molecule has 1 saturated heterocycles. The van der Waals surface area contributed by atoms with E-state index in [2.05, 4.69) is 28.2 Å². The molecule has 0 saturated carbocycles. The number of hydrogen-bond acceptors (Lipinski definition) is 5. The second-order valence-electron chi connectivity index (χ2n) is 5.38. The van der Waals surface area contributed by atoms with Crippen molar-refractivity contribution in [3.8, 4) is 11.8 Å². The number of benzene rings is 1. The molecule has 2 rings (SSSR count). The van der Waals surface area contributed by atoms with Gasteiger partial charge in [0.1, 0.15) is 12.4 Å². The molecule has 0 radical (unpaired) electrons. The fourth-order valence-corrected chi connectivity index (χ4v) is 2.30. The summed E-state index contributed by atoms with van der Waals surface area (Å²) in [5, 5.41) is 12.1. The minimum absolute atomic E-state index is 0.662. The van der Waals surface area contributed by atoms with Crippen molar-refractivity contribution in [3.63, 3.8) is 0 Å². The second kappa shape index (κ2) is 8.63. The van der Waals surface area contributed by atoms with Gasteiger partial charge in [-0.1, -0.05) is 0 Å². The maximum Gasteiger partial charge on any atom is 0.119 e. The van der Waals surface area contributed by atoms with Crippen molar-refractivity contribution < 1.29 is 4.74 Å². The van der Waals surface area contributed by atoms with Crippen molar-refractivity contribution in [3.05, 3.63) is 29.8 Å². The molecule has 1 aliphatic rings. The molecule has 0 atom stereocenters. The summed E-state index contributed by atoms with van der Waals surface area (Å²) in [4.78, 5) is 4.79. The standard InChI is InChI=1S/C16H24N4O/c1-19(10-11-20-8-6-18-7-9-20)12-13-21-16-4-2-15(14-17)3-5-16/h2-5,18H,6-13H2,1H3. The molecule has 0 amide bonds. The van der Waals surface area contributed by atoms with Gasteiger partial charge in [0.25, 0.3) is 0 Å². The van der Waals surface area contributed by atoms with E-state index in [4.69, 9.17) is 10.00 Å². The third kappa shape index (κ3) is 5.72. The molecule has 21 heavy (non-hydrogen) atoms. The first-order valence-corrected chi connectivity index (χ1v) is 7.52. The summed E-state index contributed by atoms with van der Waals surface area (Å²) in [6.07, 6.45) is 0. The van der Waals surface area contributed by atoms with Gasteiger partial charge >= 0.3 is 0 Å². The van der Waals surface area contributed by atoms with Crippen molar-refractivity contribution >= 4 is 0 Å². The minimum Gasteiger partial charge on any atom is -0.492 e. The fraction of sp³-hybridized carbons (Fsp3) is 0.562. The first kappa shape index (κ1) is 15.8. The van der Waals surface area contributed by atoms with Crippen molar-refractivity contribution in [1.29, 1.82) is 5.26 Å². The van der Waals surface area contributed by atoms with Crippen LogP contribution >= 0.6 is 0 Å². The molecule has 0 bridgehead atoms. The summed E-state index contributed by atoms with van der Waals surface area (Å²) in [6, 6.07) is 9.36. The highest BCUT2D eigenvalue weighted by Crippen LogP contribution is 2.11. The highest BCUT2D eigenvalue weighted by Gasteiger charge is 2.09. The van der Waals surface area contributed by atoms with E-state index in [-0.39, 0.29) is 0 Å². The number of rotatable bonds is 7. The van der Waals surface area contributed by atoms with Gasteiger partial charge in [0, 0.05) is 45.8 Å². The van der Waals surface area contributed by atoms with Gasteiger partial charge in [0.05, 0.1) is 11.6 Å². The first-order valence-electron chi connectivity index (χ1n) is 7.52. The number of nitriles is 1. The summed E-state index contributed by atoms with van der Waals surface area (Å²) in [6.45, 7) is 8.27. The van der Waals surface area contributed by atoms with Crippen LogP contribution in [0.2, 0.25) is 0 Å². The van der Waals surface area contributed by atoms with E-state index in [0.29, 0.717) is 12.2 Å². The predicted molar refractivity (Wildman–Crippen MR) is 83.5 cm³/mol. The summed E-state index contributed by atoms with van der Waals surface area (Å²) in [7, 11) is 2.13. The van der Waals surface area contributed by atoms with Crippen LogP contribution in [0.15, 0.2) is 24.3 Å². The van der Waals surface area contributed by atoms with Crippen molar-refractivity contribution in [2.75, 3.05) is 59.5 Å². The Hall–Kier alpha value is -1.61. The number of nitrogens with one attached hydrogen (secondary N) is 1. The number of likely N-dealkylation sites (N-methyl/N-ethyl adjacent to an activating group) is 1. The largest absolute Gasteiger partial charge is 0.492 e. The molecule has 0 aromatic heterocycles. The van der Waals surface area contributed by atoms with Crippen molar-refractivity contribution in [2.24, 2.45) is 0 Å². The topological polar surface area (TPSA) is 51.5 Å². The molecule has 0 aliphatic carbocycles. The van der Waals surface area contributed by atoms with E-state index in [1.165, 1.54) is 0 Å². The highest BCUT2D eigenvalue weighted by molar-refractivity contribution is 5.34. The molecule has 1 N–H and O–H groups in total. The third-order valence-electron chi connectivity index (χ3n) is 3.73. The molecule has 1 fully saturated rings. The number of ether oxygens (including phenoxy) is 1. The minimum atomic E-state index is 0.662. The van der Waals surface area contributed by atoms with Gasteiger partial charge in [-0.2, -0.15) is 5.26 Å². The number of hydrogen-bond donors (Lipinski definition) is 1. The zero-order valence-electron chi connectivity index (χ0n) is 12.7. The van der Waals surface area contributed by atoms with Crippen molar-refractivity contribution in [2.45, 2.75) is 0 Å². The molecule has 114 valence electrons. The lowest BCUT2D eigenvalue weighted by Crippen LogP contribution is -2.46. The van der Waals surface area contributed by atoms with Crippen LogP contribution in [0.5, 0.6) is 5.75 Å². The van der Waals surface area contributed by atoms with Crippen LogP contribution in [0.4, 0.5) is 0 Å². The Labute approximate surface area is 127 Å². The highest BCUT2D eigenvalue weighted by atomic mass is 16.5. The van der Waals surface area contributed by atoms with Crippen LogP contribution in [-0.2, 0) is 0 Å². The van der Waals surface area contributed by atoms with Crippen molar-refractivity contribution in [1.82, 2.24) is 15.1 Å². The SMILES string of the molecule is CN(CCOc1ccc(C#N)cc1)CCN1CCNCC1. The second-order valence-corrected chi connectivity index (χ2v) is 5.38. The molecule has 1 heterocycles. The van der Waals surface area contributed by atoms with E-state index >= 15 is 0 Å². The van der Waals surface area contributed by atoms with Gasteiger partial charge in [-0.25, -0.2) is 0 Å². The maximum atomic E-state index is 8.74. The summed E-state index contributed by atoms with van der Waals surface area (Å²) >= 11 is 0. The Kier molecular flexibility index (Phi) is 6.48. The fourth-order valence-electron chi connectivity index (χ4n) is 2.30. The van der Waals surface area contributed by atoms with Crippen LogP contribution in [0, 0.1) is 11.3 Å². The zero-order chi connectivity index (χ0) is 14.9. The summed E-state index contributed by atoms with van der Waals surface area (Å²) in [5.41, 5.74) is 0.662. The van der Waals surface area contributed by atoms with Gasteiger partial charge in [-0.3, -0.25) is 4.90 Å². The average molecular weight is 288 g/mol. The lowest BCUT2D eigenvalue weighted by molar-refractivity contribution is 0.187. The molecule has 0 unspecified atom stereocenters. The quantitative estimate of drug-likeness (QED) is 0.803. The Morgan fingerprint density at radius 2 is 1.95 bits per heavy atom. The Bertz CT molecular complexity index is 448. The molecule has 5 heteroatoms. The Balaban J connectivity index is 1.59. The van der Waals surface area contributed by atoms with Crippen LogP contribution in [-0.4, -0.2) is 69.3 Å². The predicted octanol–water partition coefficient (Wildman–Crippen LogP) is 0.774. The maximum absolute atomic E-state index is 8.74. The van der Waals surface area contributed by atoms with Crippen LogP contribution in [0.3, 0.4) is 0 Å². The molecule has 1 aliphatic heterocycles.